The Morgan fingerprint density at radius 1 is 1.12 bits per heavy atom. The number of aromatic nitrogens is 2. The molecule has 1 aromatic heterocycles. The molecule has 4 rings (SSSR count). The number of hydrogen-bond acceptors (Lipinski definition) is 4. The molecule has 5 nitrogen and oxygen atoms in total. The van der Waals surface area contributed by atoms with Crippen LogP contribution < -0.4 is 10.2 Å². The lowest BCUT2D eigenvalue weighted by Gasteiger charge is -2.30. The molecule has 1 aliphatic carbocycles. The molecule has 1 saturated carbocycles. The first kappa shape index (κ1) is 17.0. The molecular weight excluding hydrogens is 324 g/mol. The second-order valence-corrected chi connectivity index (χ2v) is 7.35. The van der Waals surface area contributed by atoms with Crippen LogP contribution >= 0.6 is 0 Å². The first-order chi connectivity index (χ1) is 12.7. The van der Waals surface area contributed by atoms with Gasteiger partial charge < -0.3 is 10.2 Å². The van der Waals surface area contributed by atoms with E-state index in [9.17, 15) is 4.79 Å². The van der Waals surface area contributed by atoms with Crippen molar-refractivity contribution in [2.24, 2.45) is 0 Å². The summed E-state index contributed by atoms with van der Waals surface area (Å²) in [6.45, 7) is 2.77. The van der Waals surface area contributed by atoms with E-state index in [1.165, 1.54) is 30.5 Å². The molecule has 0 atom stereocenters. The standard InChI is InChI=1S/C21H26N4O/c1-15-22-18(21(26)24-17-10-3-2-4-11-17)14-20(23-15)25-13-7-9-16-8-5-6-12-19(16)25/h5-6,8,12,14,17H,2-4,7,9-11,13H2,1H3,(H,24,26). The Morgan fingerprint density at radius 3 is 2.77 bits per heavy atom. The Balaban J connectivity index is 1.60. The van der Waals surface area contributed by atoms with Gasteiger partial charge in [0.05, 0.1) is 0 Å². The summed E-state index contributed by atoms with van der Waals surface area (Å²) in [5, 5.41) is 3.16. The van der Waals surface area contributed by atoms with Crippen molar-refractivity contribution in [3.05, 3.63) is 47.4 Å². The second-order valence-electron chi connectivity index (χ2n) is 7.35. The molecule has 0 unspecified atom stereocenters. The number of fused-ring (bicyclic) bond motifs is 1. The Kier molecular flexibility index (Phi) is 4.87. The van der Waals surface area contributed by atoms with Gasteiger partial charge in [-0.15, -0.1) is 0 Å². The predicted molar refractivity (Wildman–Crippen MR) is 103 cm³/mol. The molecule has 2 aliphatic rings. The molecule has 0 radical (unpaired) electrons. The van der Waals surface area contributed by atoms with Gasteiger partial charge in [-0.3, -0.25) is 4.79 Å². The lowest BCUT2D eigenvalue weighted by Crippen LogP contribution is -2.37. The molecule has 2 heterocycles. The van der Waals surface area contributed by atoms with Gasteiger partial charge in [0.25, 0.3) is 5.91 Å². The van der Waals surface area contributed by atoms with E-state index in [2.05, 4.69) is 44.5 Å². The molecule has 1 amide bonds. The third-order valence-electron chi connectivity index (χ3n) is 5.38. The smallest absolute Gasteiger partial charge is 0.270 e. The highest BCUT2D eigenvalue weighted by Crippen LogP contribution is 2.32. The Hall–Kier alpha value is -2.43. The summed E-state index contributed by atoms with van der Waals surface area (Å²) in [6, 6.07) is 10.6. The molecule has 1 aromatic carbocycles. The number of nitrogens with zero attached hydrogens (tertiary/aromatic N) is 3. The number of carbonyl (C=O) groups is 1. The van der Waals surface area contributed by atoms with Gasteiger partial charge in [0.2, 0.25) is 0 Å². The molecule has 136 valence electrons. The fourth-order valence-electron chi connectivity index (χ4n) is 4.08. The average Bonchev–Trinajstić information content (AvgIpc) is 2.68. The van der Waals surface area contributed by atoms with Crippen molar-refractivity contribution in [1.29, 1.82) is 0 Å². The number of carbonyl (C=O) groups excluding carboxylic acids is 1. The molecule has 1 N–H and O–H groups in total. The van der Waals surface area contributed by atoms with Crippen LogP contribution in [0.5, 0.6) is 0 Å². The van der Waals surface area contributed by atoms with Crippen LogP contribution in [0.15, 0.2) is 30.3 Å². The van der Waals surface area contributed by atoms with Crippen LogP contribution in [0, 0.1) is 6.92 Å². The normalized spacial score (nSPS) is 17.7. The topological polar surface area (TPSA) is 58.1 Å². The van der Waals surface area contributed by atoms with Gasteiger partial charge in [-0.05, 0) is 44.2 Å². The molecule has 1 fully saturated rings. The minimum atomic E-state index is -0.0751. The van der Waals surface area contributed by atoms with Gasteiger partial charge in [-0.1, -0.05) is 37.5 Å². The zero-order chi connectivity index (χ0) is 17.9. The number of benzene rings is 1. The first-order valence-corrected chi connectivity index (χ1v) is 9.73. The number of amides is 1. The zero-order valence-electron chi connectivity index (χ0n) is 15.4. The summed E-state index contributed by atoms with van der Waals surface area (Å²) >= 11 is 0. The number of para-hydroxylation sites is 1. The third kappa shape index (κ3) is 3.57. The molecule has 5 heteroatoms. The minimum Gasteiger partial charge on any atom is -0.348 e. The number of aryl methyl sites for hydroxylation is 2. The fourth-order valence-corrected chi connectivity index (χ4v) is 4.08. The minimum absolute atomic E-state index is 0.0751. The molecule has 1 aliphatic heterocycles. The number of nitrogens with one attached hydrogen (secondary N) is 1. The summed E-state index contributed by atoms with van der Waals surface area (Å²) < 4.78 is 0. The average molecular weight is 350 g/mol. The van der Waals surface area contributed by atoms with E-state index in [-0.39, 0.29) is 11.9 Å². The highest BCUT2D eigenvalue weighted by Gasteiger charge is 2.22. The van der Waals surface area contributed by atoms with Crippen LogP contribution in [-0.4, -0.2) is 28.5 Å². The molecule has 0 saturated heterocycles. The van der Waals surface area contributed by atoms with E-state index in [4.69, 9.17) is 0 Å². The molecule has 2 aromatic rings. The van der Waals surface area contributed by atoms with E-state index in [1.807, 2.05) is 13.0 Å². The van der Waals surface area contributed by atoms with Crippen molar-refractivity contribution in [2.75, 3.05) is 11.4 Å². The van der Waals surface area contributed by atoms with Gasteiger partial charge in [0.1, 0.15) is 17.3 Å². The lowest BCUT2D eigenvalue weighted by molar-refractivity contribution is 0.0922. The first-order valence-electron chi connectivity index (χ1n) is 9.73. The maximum absolute atomic E-state index is 12.7. The van der Waals surface area contributed by atoms with Crippen LogP contribution in [0.25, 0.3) is 0 Å². The summed E-state index contributed by atoms with van der Waals surface area (Å²) in [6.07, 6.45) is 7.99. The van der Waals surface area contributed by atoms with Crippen molar-refractivity contribution < 1.29 is 4.79 Å². The van der Waals surface area contributed by atoms with Crippen molar-refractivity contribution in [2.45, 2.75) is 57.9 Å². The van der Waals surface area contributed by atoms with E-state index in [0.29, 0.717) is 11.5 Å². The van der Waals surface area contributed by atoms with Gasteiger partial charge in [-0.25, -0.2) is 9.97 Å². The van der Waals surface area contributed by atoms with Gasteiger partial charge in [0, 0.05) is 24.3 Å². The number of anilines is 2. The fraction of sp³-hybridized carbons (Fsp3) is 0.476. The van der Waals surface area contributed by atoms with Crippen LogP contribution in [0.4, 0.5) is 11.5 Å². The maximum atomic E-state index is 12.7. The Morgan fingerprint density at radius 2 is 1.92 bits per heavy atom. The van der Waals surface area contributed by atoms with E-state index in [1.54, 1.807) is 0 Å². The Bertz CT molecular complexity index is 798. The van der Waals surface area contributed by atoms with Crippen molar-refractivity contribution >= 4 is 17.4 Å². The number of hydrogen-bond donors (Lipinski definition) is 1. The van der Waals surface area contributed by atoms with Crippen molar-refractivity contribution in [3.8, 4) is 0 Å². The SMILES string of the molecule is Cc1nc(C(=O)NC2CCCCC2)cc(N2CCCc3ccccc32)n1. The van der Waals surface area contributed by atoms with Crippen LogP contribution in [0.3, 0.4) is 0 Å². The van der Waals surface area contributed by atoms with Crippen LogP contribution in [-0.2, 0) is 6.42 Å². The van der Waals surface area contributed by atoms with Gasteiger partial charge in [0.15, 0.2) is 0 Å². The van der Waals surface area contributed by atoms with Crippen molar-refractivity contribution in [1.82, 2.24) is 15.3 Å². The van der Waals surface area contributed by atoms with Crippen LogP contribution in [0.2, 0.25) is 0 Å². The van der Waals surface area contributed by atoms with E-state index in [0.717, 1.165) is 38.0 Å². The maximum Gasteiger partial charge on any atom is 0.270 e. The van der Waals surface area contributed by atoms with Gasteiger partial charge >= 0.3 is 0 Å². The summed E-state index contributed by atoms with van der Waals surface area (Å²) in [4.78, 5) is 24.0. The predicted octanol–water partition coefficient (Wildman–Crippen LogP) is 3.93. The van der Waals surface area contributed by atoms with E-state index >= 15 is 0 Å². The quantitative estimate of drug-likeness (QED) is 0.911. The number of rotatable bonds is 3. The molecule has 26 heavy (non-hydrogen) atoms. The largest absolute Gasteiger partial charge is 0.348 e. The molecular formula is C21H26N4O. The summed E-state index contributed by atoms with van der Waals surface area (Å²) in [5.74, 6) is 1.38. The van der Waals surface area contributed by atoms with E-state index < -0.39 is 0 Å². The summed E-state index contributed by atoms with van der Waals surface area (Å²) in [5.41, 5.74) is 3.00. The monoisotopic (exact) mass is 350 g/mol. The van der Waals surface area contributed by atoms with Crippen molar-refractivity contribution in [3.63, 3.8) is 0 Å². The van der Waals surface area contributed by atoms with Crippen LogP contribution in [0.1, 0.15) is 60.4 Å². The zero-order valence-corrected chi connectivity index (χ0v) is 15.4. The second kappa shape index (κ2) is 7.44. The Labute approximate surface area is 154 Å². The molecule has 0 spiro atoms. The highest BCUT2D eigenvalue weighted by atomic mass is 16.1. The highest BCUT2D eigenvalue weighted by molar-refractivity contribution is 5.93. The summed E-state index contributed by atoms with van der Waals surface area (Å²) in [7, 11) is 0. The lowest BCUT2D eigenvalue weighted by atomic mass is 9.95. The van der Waals surface area contributed by atoms with Gasteiger partial charge in [-0.2, -0.15) is 0 Å². The third-order valence-corrected chi connectivity index (χ3v) is 5.38. The molecule has 0 bridgehead atoms.